The largest absolute Gasteiger partial charge is 0.334 e. The van der Waals surface area contributed by atoms with Gasteiger partial charge in [0.2, 0.25) is 0 Å². The molecule has 18 heavy (non-hydrogen) atoms. The van der Waals surface area contributed by atoms with Crippen molar-refractivity contribution >= 4 is 17.2 Å². The Labute approximate surface area is 112 Å². The van der Waals surface area contributed by atoms with Crippen molar-refractivity contribution in [1.82, 2.24) is 9.88 Å². The second-order valence-corrected chi connectivity index (χ2v) is 5.90. The molecule has 2 N–H and O–H groups in total. The Balaban J connectivity index is 2.15. The van der Waals surface area contributed by atoms with Crippen molar-refractivity contribution in [3.8, 4) is 0 Å². The van der Waals surface area contributed by atoms with Crippen molar-refractivity contribution in [2.75, 3.05) is 13.1 Å². The molecule has 4 nitrogen and oxygen atoms in total. The van der Waals surface area contributed by atoms with Crippen molar-refractivity contribution in [3.05, 3.63) is 16.1 Å². The molecule has 5 heteroatoms. The van der Waals surface area contributed by atoms with Crippen LogP contribution in [-0.4, -0.2) is 34.9 Å². The molecule has 0 aliphatic heterocycles. The fourth-order valence-electron chi connectivity index (χ4n) is 2.84. The highest BCUT2D eigenvalue weighted by atomic mass is 32.1. The third kappa shape index (κ3) is 2.57. The molecule has 0 aromatic carbocycles. The first-order chi connectivity index (χ1) is 8.67. The number of hydrogen-bond donors (Lipinski definition) is 1. The van der Waals surface area contributed by atoms with Crippen molar-refractivity contribution in [3.63, 3.8) is 0 Å². The van der Waals surface area contributed by atoms with E-state index in [1.165, 1.54) is 17.8 Å². The van der Waals surface area contributed by atoms with Gasteiger partial charge in [-0.2, -0.15) is 0 Å². The highest BCUT2D eigenvalue weighted by molar-refractivity contribution is 7.09. The van der Waals surface area contributed by atoms with Crippen LogP contribution in [-0.2, 0) is 0 Å². The Morgan fingerprint density at radius 3 is 2.94 bits per heavy atom. The second-order valence-electron chi connectivity index (χ2n) is 4.84. The fourth-order valence-corrected chi connectivity index (χ4v) is 3.43. The Bertz CT molecular complexity index is 418. The maximum Gasteiger partial charge on any atom is 0.273 e. The van der Waals surface area contributed by atoms with Gasteiger partial charge in [-0.1, -0.05) is 6.42 Å². The van der Waals surface area contributed by atoms with Gasteiger partial charge in [-0.15, -0.1) is 11.3 Å². The lowest BCUT2D eigenvalue weighted by Crippen LogP contribution is -2.44. The first-order valence-electron chi connectivity index (χ1n) is 6.60. The van der Waals surface area contributed by atoms with Crippen LogP contribution in [0.5, 0.6) is 0 Å². The summed E-state index contributed by atoms with van der Waals surface area (Å²) >= 11 is 1.53. The van der Waals surface area contributed by atoms with Gasteiger partial charge in [0.15, 0.2) is 0 Å². The van der Waals surface area contributed by atoms with Crippen LogP contribution in [0.25, 0.3) is 0 Å². The SMILES string of the molecule is CCN(C(=O)c1csc(C)n1)C1CCCC1CN. The van der Waals surface area contributed by atoms with Gasteiger partial charge < -0.3 is 10.6 Å². The molecule has 1 saturated carbocycles. The summed E-state index contributed by atoms with van der Waals surface area (Å²) in [4.78, 5) is 18.7. The van der Waals surface area contributed by atoms with Gasteiger partial charge in [-0.05, 0) is 39.2 Å². The van der Waals surface area contributed by atoms with E-state index in [0.717, 1.165) is 24.4 Å². The average Bonchev–Trinajstić information content (AvgIpc) is 2.98. The van der Waals surface area contributed by atoms with Crippen LogP contribution in [0, 0.1) is 12.8 Å². The number of nitrogens with zero attached hydrogens (tertiary/aromatic N) is 2. The highest BCUT2D eigenvalue weighted by Gasteiger charge is 2.33. The molecule has 1 fully saturated rings. The lowest BCUT2D eigenvalue weighted by molar-refractivity contribution is 0.0646. The van der Waals surface area contributed by atoms with E-state index >= 15 is 0 Å². The molecule has 0 spiro atoms. The zero-order valence-electron chi connectivity index (χ0n) is 11.1. The van der Waals surface area contributed by atoms with Crippen LogP contribution >= 0.6 is 11.3 Å². The number of aromatic nitrogens is 1. The van der Waals surface area contributed by atoms with Crippen LogP contribution in [0.2, 0.25) is 0 Å². The Morgan fingerprint density at radius 1 is 1.61 bits per heavy atom. The quantitative estimate of drug-likeness (QED) is 0.908. The number of aryl methyl sites for hydroxylation is 1. The highest BCUT2D eigenvalue weighted by Crippen LogP contribution is 2.30. The van der Waals surface area contributed by atoms with Crippen molar-refractivity contribution in [2.45, 2.75) is 39.2 Å². The van der Waals surface area contributed by atoms with Crippen LogP contribution in [0.1, 0.15) is 41.7 Å². The van der Waals surface area contributed by atoms with Gasteiger partial charge in [0.1, 0.15) is 5.69 Å². The molecule has 1 aliphatic rings. The standard InChI is InChI=1S/C13H21N3OS/c1-3-16(12-6-4-5-10(12)7-14)13(17)11-8-18-9(2)15-11/h8,10,12H,3-7,14H2,1-2H3. The average molecular weight is 267 g/mol. The van der Waals surface area contributed by atoms with E-state index in [4.69, 9.17) is 5.73 Å². The summed E-state index contributed by atoms with van der Waals surface area (Å²) < 4.78 is 0. The number of carbonyl (C=O) groups excluding carboxylic acids is 1. The van der Waals surface area contributed by atoms with E-state index in [2.05, 4.69) is 4.98 Å². The van der Waals surface area contributed by atoms with Gasteiger partial charge in [-0.25, -0.2) is 4.98 Å². The summed E-state index contributed by atoms with van der Waals surface area (Å²) in [7, 11) is 0. The molecule has 1 aromatic rings. The van der Waals surface area contributed by atoms with E-state index in [0.29, 0.717) is 24.2 Å². The summed E-state index contributed by atoms with van der Waals surface area (Å²) in [5.41, 5.74) is 6.39. The topological polar surface area (TPSA) is 59.2 Å². The van der Waals surface area contributed by atoms with Gasteiger partial charge in [0.05, 0.1) is 5.01 Å². The predicted octanol–water partition coefficient (Wildman–Crippen LogP) is 2.04. The minimum absolute atomic E-state index is 0.0622. The van der Waals surface area contributed by atoms with Crippen molar-refractivity contribution in [1.29, 1.82) is 0 Å². The number of carbonyl (C=O) groups is 1. The smallest absolute Gasteiger partial charge is 0.273 e. The van der Waals surface area contributed by atoms with Crippen LogP contribution in [0.15, 0.2) is 5.38 Å². The molecule has 2 unspecified atom stereocenters. The third-order valence-electron chi connectivity index (χ3n) is 3.76. The number of hydrogen-bond acceptors (Lipinski definition) is 4. The summed E-state index contributed by atoms with van der Waals surface area (Å²) in [6.45, 7) is 5.36. The molecular formula is C13H21N3OS. The third-order valence-corrected chi connectivity index (χ3v) is 4.54. The van der Waals surface area contributed by atoms with E-state index in [9.17, 15) is 4.79 Å². The van der Waals surface area contributed by atoms with Crippen molar-refractivity contribution < 1.29 is 4.79 Å². The summed E-state index contributed by atoms with van der Waals surface area (Å²) in [6.07, 6.45) is 3.39. The Hall–Kier alpha value is -0.940. The van der Waals surface area contributed by atoms with Crippen molar-refractivity contribution in [2.24, 2.45) is 11.7 Å². The molecule has 0 bridgehead atoms. The molecular weight excluding hydrogens is 246 g/mol. The second kappa shape index (κ2) is 5.80. The molecule has 100 valence electrons. The fraction of sp³-hybridized carbons (Fsp3) is 0.692. The molecule has 1 aliphatic carbocycles. The monoisotopic (exact) mass is 267 g/mol. The zero-order valence-corrected chi connectivity index (χ0v) is 11.9. The predicted molar refractivity (Wildman–Crippen MR) is 73.7 cm³/mol. The number of rotatable bonds is 4. The Morgan fingerprint density at radius 2 is 2.39 bits per heavy atom. The lowest BCUT2D eigenvalue weighted by atomic mass is 10.0. The van der Waals surface area contributed by atoms with Crippen LogP contribution < -0.4 is 5.73 Å². The number of amides is 1. The summed E-state index contributed by atoms with van der Waals surface area (Å²) in [5, 5.41) is 2.79. The molecule has 1 heterocycles. The minimum Gasteiger partial charge on any atom is -0.334 e. The number of nitrogens with two attached hydrogens (primary N) is 1. The van der Waals surface area contributed by atoms with E-state index in [1.54, 1.807) is 0 Å². The summed E-state index contributed by atoms with van der Waals surface area (Å²) in [5.74, 6) is 0.515. The van der Waals surface area contributed by atoms with Gasteiger partial charge in [0.25, 0.3) is 5.91 Å². The maximum absolute atomic E-state index is 12.5. The van der Waals surface area contributed by atoms with Crippen LogP contribution in [0.3, 0.4) is 0 Å². The minimum atomic E-state index is 0.0622. The molecule has 0 saturated heterocycles. The maximum atomic E-state index is 12.5. The zero-order chi connectivity index (χ0) is 13.1. The first kappa shape index (κ1) is 13.5. The van der Waals surface area contributed by atoms with E-state index in [-0.39, 0.29) is 5.91 Å². The molecule has 2 rings (SSSR count). The lowest BCUT2D eigenvalue weighted by Gasteiger charge is -2.31. The number of thiazole rings is 1. The molecule has 2 atom stereocenters. The van der Waals surface area contributed by atoms with Gasteiger partial charge in [0, 0.05) is 18.0 Å². The summed E-state index contributed by atoms with van der Waals surface area (Å²) in [6, 6.07) is 0.300. The van der Waals surface area contributed by atoms with Crippen LogP contribution in [0.4, 0.5) is 0 Å². The molecule has 1 amide bonds. The van der Waals surface area contributed by atoms with E-state index in [1.807, 2.05) is 24.1 Å². The molecule has 0 radical (unpaired) electrons. The van der Waals surface area contributed by atoms with E-state index < -0.39 is 0 Å². The van der Waals surface area contributed by atoms with Gasteiger partial charge in [-0.3, -0.25) is 4.79 Å². The Kier molecular flexibility index (Phi) is 4.35. The van der Waals surface area contributed by atoms with Gasteiger partial charge >= 0.3 is 0 Å². The normalized spacial score (nSPS) is 23.3. The molecule has 1 aromatic heterocycles. The first-order valence-corrected chi connectivity index (χ1v) is 7.48.